The highest BCUT2D eigenvalue weighted by molar-refractivity contribution is 5.74. The van der Waals surface area contributed by atoms with Crippen molar-refractivity contribution < 1.29 is 19.0 Å². The molecule has 0 amide bonds. The molecule has 0 aromatic rings. The summed E-state index contributed by atoms with van der Waals surface area (Å²) >= 11 is 0. The van der Waals surface area contributed by atoms with Gasteiger partial charge in [0.15, 0.2) is 6.10 Å². The second-order valence-corrected chi connectivity index (χ2v) is 4.28. The van der Waals surface area contributed by atoms with Gasteiger partial charge < -0.3 is 19.9 Å². The second kappa shape index (κ2) is 8.42. The van der Waals surface area contributed by atoms with Crippen molar-refractivity contribution in [1.29, 1.82) is 0 Å². The third-order valence-electron chi connectivity index (χ3n) is 3.05. The second-order valence-electron chi connectivity index (χ2n) is 4.28. The van der Waals surface area contributed by atoms with Crippen molar-refractivity contribution in [2.75, 3.05) is 46.5 Å². The maximum Gasteiger partial charge on any atom is 0.336 e. The van der Waals surface area contributed by atoms with Crippen LogP contribution in [0.2, 0.25) is 0 Å². The zero-order valence-electron chi connectivity index (χ0n) is 11.3. The Morgan fingerprint density at radius 1 is 1.61 bits per heavy atom. The Labute approximate surface area is 108 Å². The number of hydrogen-bond acceptors (Lipinski definition) is 6. The molecule has 6 nitrogen and oxygen atoms in total. The quantitative estimate of drug-likeness (QED) is 0.629. The maximum absolute atomic E-state index is 11.4. The fourth-order valence-electron chi connectivity index (χ4n) is 2.01. The SMILES string of the molecule is CCOC(CN)CCN1CCOC(C(=O)OC)C1. The number of nitrogens with zero attached hydrogens (tertiary/aromatic N) is 1. The lowest BCUT2D eigenvalue weighted by Crippen LogP contribution is -2.47. The van der Waals surface area contributed by atoms with Crippen LogP contribution in [0, 0.1) is 0 Å². The van der Waals surface area contributed by atoms with E-state index in [1.165, 1.54) is 7.11 Å². The van der Waals surface area contributed by atoms with E-state index in [9.17, 15) is 4.79 Å². The Kier molecular flexibility index (Phi) is 7.19. The van der Waals surface area contributed by atoms with E-state index in [1.54, 1.807) is 0 Å². The molecule has 2 N–H and O–H groups in total. The molecule has 2 atom stereocenters. The molecule has 1 aliphatic rings. The van der Waals surface area contributed by atoms with Gasteiger partial charge in [0.1, 0.15) is 0 Å². The molecule has 1 heterocycles. The average molecular weight is 260 g/mol. The van der Waals surface area contributed by atoms with Crippen molar-refractivity contribution >= 4 is 5.97 Å². The van der Waals surface area contributed by atoms with Crippen molar-refractivity contribution in [3.63, 3.8) is 0 Å². The van der Waals surface area contributed by atoms with Gasteiger partial charge in [-0.25, -0.2) is 4.79 Å². The highest BCUT2D eigenvalue weighted by Gasteiger charge is 2.27. The summed E-state index contributed by atoms with van der Waals surface area (Å²) < 4.78 is 15.6. The van der Waals surface area contributed by atoms with E-state index in [0.717, 1.165) is 19.5 Å². The van der Waals surface area contributed by atoms with E-state index in [1.807, 2.05) is 6.92 Å². The number of esters is 1. The largest absolute Gasteiger partial charge is 0.467 e. The molecule has 2 unspecified atom stereocenters. The average Bonchev–Trinajstić information content (AvgIpc) is 2.42. The standard InChI is InChI=1S/C12H24N2O4/c1-3-17-10(8-13)4-5-14-6-7-18-11(9-14)12(15)16-2/h10-11H,3-9,13H2,1-2H3. The smallest absolute Gasteiger partial charge is 0.336 e. The molecule has 6 heteroatoms. The molecule has 1 saturated heterocycles. The van der Waals surface area contributed by atoms with Gasteiger partial charge in [-0.2, -0.15) is 0 Å². The number of carbonyl (C=O) groups is 1. The third kappa shape index (κ3) is 4.89. The molecule has 0 aromatic carbocycles. The summed E-state index contributed by atoms with van der Waals surface area (Å²) in [5, 5.41) is 0. The van der Waals surface area contributed by atoms with Crippen LogP contribution in [0.5, 0.6) is 0 Å². The van der Waals surface area contributed by atoms with Crippen LogP contribution in [-0.4, -0.2) is 69.6 Å². The molecule has 0 bridgehead atoms. The number of methoxy groups -OCH3 is 1. The van der Waals surface area contributed by atoms with Gasteiger partial charge in [-0.3, -0.25) is 4.90 Å². The molecule has 18 heavy (non-hydrogen) atoms. The summed E-state index contributed by atoms with van der Waals surface area (Å²) in [7, 11) is 1.38. The molecule has 1 aliphatic heterocycles. The van der Waals surface area contributed by atoms with E-state index in [-0.39, 0.29) is 12.1 Å². The van der Waals surface area contributed by atoms with Gasteiger partial charge in [0.2, 0.25) is 0 Å². The van der Waals surface area contributed by atoms with E-state index in [2.05, 4.69) is 9.64 Å². The third-order valence-corrected chi connectivity index (χ3v) is 3.05. The van der Waals surface area contributed by atoms with Gasteiger partial charge in [-0.15, -0.1) is 0 Å². The first kappa shape index (κ1) is 15.4. The van der Waals surface area contributed by atoms with Crippen molar-refractivity contribution in [2.24, 2.45) is 5.73 Å². The van der Waals surface area contributed by atoms with Crippen molar-refractivity contribution in [1.82, 2.24) is 4.90 Å². The molecule has 0 spiro atoms. The predicted molar refractivity (Wildman–Crippen MR) is 67.3 cm³/mol. The van der Waals surface area contributed by atoms with Crippen LogP contribution in [0.1, 0.15) is 13.3 Å². The first-order valence-electron chi connectivity index (χ1n) is 6.44. The monoisotopic (exact) mass is 260 g/mol. The van der Waals surface area contributed by atoms with E-state index in [0.29, 0.717) is 26.3 Å². The summed E-state index contributed by atoms with van der Waals surface area (Å²) in [4.78, 5) is 13.6. The number of carbonyl (C=O) groups excluding carboxylic acids is 1. The molecule has 0 radical (unpaired) electrons. The topological polar surface area (TPSA) is 74.0 Å². The van der Waals surface area contributed by atoms with Crippen molar-refractivity contribution in [3.05, 3.63) is 0 Å². The van der Waals surface area contributed by atoms with Crippen LogP contribution < -0.4 is 5.73 Å². The van der Waals surface area contributed by atoms with Crippen LogP contribution in [0.3, 0.4) is 0 Å². The lowest BCUT2D eigenvalue weighted by atomic mass is 10.2. The summed E-state index contributed by atoms with van der Waals surface area (Å²) in [6.45, 7) is 5.99. The van der Waals surface area contributed by atoms with Crippen LogP contribution in [0.25, 0.3) is 0 Å². The van der Waals surface area contributed by atoms with Gasteiger partial charge >= 0.3 is 5.97 Å². The molecule has 0 saturated carbocycles. The molecule has 1 fully saturated rings. The van der Waals surface area contributed by atoms with E-state index in [4.69, 9.17) is 15.2 Å². The zero-order chi connectivity index (χ0) is 13.4. The first-order valence-corrected chi connectivity index (χ1v) is 6.44. The number of hydrogen-bond donors (Lipinski definition) is 1. The number of rotatable bonds is 7. The molecular weight excluding hydrogens is 236 g/mol. The summed E-state index contributed by atoms with van der Waals surface area (Å²) in [6, 6.07) is 0. The summed E-state index contributed by atoms with van der Waals surface area (Å²) in [5.74, 6) is -0.306. The van der Waals surface area contributed by atoms with Gasteiger partial charge in [-0.1, -0.05) is 0 Å². The Morgan fingerprint density at radius 3 is 3.00 bits per heavy atom. The van der Waals surface area contributed by atoms with Gasteiger partial charge in [0, 0.05) is 32.8 Å². The van der Waals surface area contributed by atoms with Crippen molar-refractivity contribution in [2.45, 2.75) is 25.6 Å². The Balaban J connectivity index is 2.31. The van der Waals surface area contributed by atoms with Gasteiger partial charge in [0.25, 0.3) is 0 Å². The number of ether oxygens (including phenoxy) is 3. The number of nitrogens with two attached hydrogens (primary N) is 1. The molecule has 1 rings (SSSR count). The van der Waals surface area contributed by atoms with Gasteiger partial charge in [0.05, 0.1) is 19.8 Å². The highest BCUT2D eigenvalue weighted by Crippen LogP contribution is 2.08. The number of morpholine rings is 1. The van der Waals surface area contributed by atoms with Gasteiger partial charge in [-0.05, 0) is 13.3 Å². The van der Waals surface area contributed by atoms with E-state index >= 15 is 0 Å². The van der Waals surface area contributed by atoms with Crippen LogP contribution in [0.15, 0.2) is 0 Å². The highest BCUT2D eigenvalue weighted by atomic mass is 16.6. The van der Waals surface area contributed by atoms with E-state index < -0.39 is 6.10 Å². The fraction of sp³-hybridized carbons (Fsp3) is 0.917. The molecule has 0 aromatic heterocycles. The zero-order valence-corrected chi connectivity index (χ0v) is 11.3. The molecular formula is C12H24N2O4. The summed E-state index contributed by atoms with van der Waals surface area (Å²) in [6.07, 6.45) is 0.500. The minimum Gasteiger partial charge on any atom is -0.467 e. The Bertz CT molecular complexity index is 250. The lowest BCUT2D eigenvalue weighted by Gasteiger charge is -2.32. The Hall–Kier alpha value is -0.690. The van der Waals surface area contributed by atoms with Crippen LogP contribution in [-0.2, 0) is 19.0 Å². The lowest BCUT2D eigenvalue weighted by molar-refractivity contribution is -0.159. The van der Waals surface area contributed by atoms with Crippen molar-refractivity contribution in [3.8, 4) is 0 Å². The minimum atomic E-state index is -0.466. The first-order chi connectivity index (χ1) is 8.71. The normalized spacial score (nSPS) is 22.7. The Morgan fingerprint density at radius 2 is 2.39 bits per heavy atom. The molecule has 106 valence electrons. The maximum atomic E-state index is 11.4. The summed E-state index contributed by atoms with van der Waals surface area (Å²) in [5.41, 5.74) is 5.63. The van der Waals surface area contributed by atoms with Crippen LogP contribution in [0.4, 0.5) is 0 Å². The minimum absolute atomic E-state index is 0.0921. The predicted octanol–water partition coefficient (Wildman–Crippen LogP) is -0.386. The molecule has 0 aliphatic carbocycles. The fourth-order valence-corrected chi connectivity index (χ4v) is 2.01. The van der Waals surface area contributed by atoms with Crippen LogP contribution >= 0.6 is 0 Å².